The van der Waals surface area contributed by atoms with Crippen LogP contribution in [0.15, 0.2) is 29.6 Å². The van der Waals surface area contributed by atoms with Gasteiger partial charge in [-0.05, 0) is 18.6 Å². The van der Waals surface area contributed by atoms with Crippen LogP contribution >= 0.6 is 11.8 Å². The number of ether oxygens (including phenoxy) is 2. The first-order valence-corrected chi connectivity index (χ1v) is 11.5. The molecule has 3 rings (SSSR count). The molecule has 0 spiro atoms. The van der Waals surface area contributed by atoms with Gasteiger partial charge in [-0.25, -0.2) is 14.6 Å². The number of carbonyl (C=O) groups is 1. The number of amides is 1. The van der Waals surface area contributed by atoms with E-state index in [2.05, 4.69) is 41.5 Å². The van der Waals surface area contributed by atoms with Crippen molar-refractivity contribution in [3.63, 3.8) is 0 Å². The summed E-state index contributed by atoms with van der Waals surface area (Å²) in [5, 5.41) is 12.7. The lowest BCUT2D eigenvalue weighted by molar-refractivity contribution is 0.0951. The summed E-state index contributed by atoms with van der Waals surface area (Å²) in [5.74, 6) is 1.70. The van der Waals surface area contributed by atoms with Crippen LogP contribution in [0.3, 0.4) is 0 Å². The second-order valence-corrected chi connectivity index (χ2v) is 8.95. The van der Waals surface area contributed by atoms with Gasteiger partial charge in [-0.15, -0.1) is 0 Å². The van der Waals surface area contributed by atoms with Gasteiger partial charge in [-0.2, -0.15) is 5.10 Å². The highest BCUT2D eigenvalue weighted by atomic mass is 32.2. The lowest BCUT2D eigenvalue weighted by Gasteiger charge is -2.11. The number of rotatable bonds is 11. The number of hydrogen-bond donors (Lipinski definition) is 2. The van der Waals surface area contributed by atoms with E-state index in [0.717, 1.165) is 29.8 Å². The van der Waals surface area contributed by atoms with Crippen molar-refractivity contribution in [2.75, 3.05) is 32.6 Å². The molecule has 9 nitrogen and oxygen atoms in total. The minimum atomic E-state index is -0.213. The lowest BCUT2D eigenvalue weighted by atomic mass is 10.2. The third-order valence-corrected chi connectivity index (χ3v) is 5.45. The molecule has 0 atom stereocenters. The Hall–Kier alpha value is -3.01. The molecule has 172 valence electrons. The summed E-state index contributed by atoms with van der Waals surface area (Å²) < 4.78 is 12.3. The maximum Gasteiger partial charge on any atom is 0.251 e. The van der Waals surface area contributed by atoms with Crippen LogP contribution in [-0.2, 0) is 6.54 Å². The molecule has 10 heteroatoms. The van der Waals surface area contributed by atoms with Crippen molar-refractivity contribution in [1.82, 2.24) is 25.1 Å². The van der Waals surface area contributed by atoms with E-state index in [-0.39, 0.29) is 5.91 Å². The summed E-state index contributed by atoms with van der Waals surface area (Å²) in [6.07, 6.45) is 2.76. The Bertz CT molecular complexity index is 1050. The molecule has 2 aromatic heterocycles. The fourth-order valence-electron chi connectivity index (χ4n) is 3.06. The zero-order chi connectivity index (χ0) is 23.1. The first-order chi connectivity index (χ1) is 15.4. The highest BCUT2D eigenvalue weighted by Gasteiger charge is 2.15. The van der Waals surface area contributed by atoms with E-state index in [0.29, 0.717) is 40.6 Å². The fourth-order valence-corrected chi connectivity index (χ4v) is 3.76. The average Bonchev–Trinajstić information content (AvgIpc) is 3.19. The van der Waals surface area contributed by atoms with Crippen molar-refractivity contribution < 1.29 is 14.3 Å². The number of carbonyl (C=O) groups excluding carboxylic acids is 1. The molecule has 0 aliphatic rings. The van der Waals surface area contributed by atoms with Crippen molar-refractivity contribution in [1.29, 1.82) is 0 Å². The van der Waals surface area contributed by atoms with Crippen molar-refractivity contribution in [3.05, 3.63) is 30.0 Å². The van der Waals surface area contributed by atoms with Crippen LogP contribution < -0.4 is 20.1 Å². The van der Waals surface area contributed by atoms with E-state index in [4.69, 9.17) is 14.5 Å². The Balaban J connectivity index is 1.75. The number of benzene rings is 1. The molecule has 0 fully saturated rings. The molecular weight excluding hydrogens is 428 g/mol. The van der Waals surface area contributed by atoms with Gasteiger partial charge in [0.05, 0.1) is 32.3 Å². The number of fused-ring (bicyclic) bond motifs is 1. The van der Waals surface area contributed by atoms with E-state index in [9.17, 15) is 4.79 Å². The standard InChI is InChI=1S/C22H30N6O3S/c1-6-7-23-19-18-13-25-28(20(18)27-22(26-19)32-14(2)3)9-8-24-21(29)15-10-16(30-4)12-17(11-15)31-5/h10-14H,6-9H2,1-5H3,(H,24,29)(H,23,26,27). The van der Waals surface area contributed by atoms with Crippen molar-refractivity contribution in [2.24, 2.45) is 0 Å². The largest absolute Gasteiger partial charge is 0.497 e. The van der Waals surface area contributed by atoms with E-state index in [1.807, 2.05) is 0 Å². The summed E-state index contributed by atoms with van der Waals surface area (Å²) in [7, 11) is 3.10. The van der Waals surface area contributed by atoms with Gasteiger partial charge in [0, 0.05) is 30.0 Å². The van der Waals surface area contributed by atoms with E-state index in [1.54, 1.807) is 55.1 Å². The van der Waals surface area contributed by atoms with Crippen LogP contribution in [-0.4, -0.2) is 58.2 Å². The first-order valence-electron chi connectivity index (χ1n) is 10.6. The summed E-state index contributed by atoms with van der Waals surface area (Å²) in [6, 6.07) is 5.08. The van der Waals surface area contributed by atoms with Crippen LogP contribution in [0, 0.1) is 0 Å². The van der Waals surface area contributed by atoms with E-state index in [1.165, 1.54) is 0 Å². The minimum Gasteiger partial charge on any atom is -0.497 e. The predicted octanol–water partition coefficient (Wildman–Crippen LogP) is 3.60. The van der Waals surface area contributed by atoms with Crippen molar-refractivity contribution in [3.8, 4) is 11.5 Å². The smallest absolute Gasteiger partial charge is 0.251 e. The summed E-state index contributed by atoms with van der Waals surface area (Å²) in [6.45, 7) is 8.02. The second kappa shape index (κ2) is 11.0. The summed E-state index contributed by atoms with van der Waals surface area (Å²) >= 11 is 1.61. The predicted molar refractivity (Wildman–Crippen MR) is 127 cm³/mol. The van der Waals surface area contributed by atoms with Gasteiger partial charge in [0.15, 0.2) is 10.8 Å². The molecular formula is C22H30N6O3S. The number of nitrogens with one attached hydrogen (secondary N) is 2. The van der Waals surface area contributed by atoms with Gasteiger partial charge >= 0.3 is 0 Å². The molecule has 0 unspecified atom stereocenters. The average molecular weight is 459 g/mol. The third-order valence-electron chi connectivity index (χ3n) is 4.58. The molecule has 0 saturated carbocycles. The number of hydrogen-bond acceptors (Lipinski definition) is 8. The van der Waals surface area contributed by atoms with E-state index >= 15 is 0 Å². The quantitative estimate of drug-likeness (QED) is 0.332. The number of anilines is 1. The number of methoxy groups -OCH3 is 2. The highest BCUT2D eigenvalue weighted by molar-refractivity contribution is 7.99. The molecule has 0 aliphatic heterocycles. The molecule has 0 saturated heterocycles. The molecule has 0 radical (unpaired) electrons. The zero-order valence-electron chi connectivity index (χ0n) is 19.1. The molecule has 0 bridgehead atoms. The Morgan fingerprint density at radius 2 is 1.84 bits per heavy atom. The summed E-state index contributed by atoms with van der Waals surface area (Å²) in [5.41, 5.74) is 1.22. The molecule has 0 aliphatic carbocycles. The zero-order valence-corrected chi connectivity index (χ0v) is 20.0. The Labute approximate surface area is 192 Å². The lowest BCUT2D eigenvalue weighted by Crippen LogP contribution is -2.27. The molecule has 2 N–H and O–H groups in total. The Morgan fingerprint density at radius 3 is 2.47 bits per heavy atom. The number of nitrogens with zero attached hydrogens (tertiary/aromatic N) is 4. The molecule has 3 aromatic rings. The summed E-state index contributed by atoms with van der Waals surface area (Å²) in [4.78, 5) is 22.0. The molecule has 1 aromatic carbocycles. The van der Waals surface area contributed by atoms with Gasteiger partial charge in [-0.3, -0.25) is 4.79 Å². The van der Waals surface area contributed by atoms with Crippen LogP contribution in [0.1, 0.15) is 37.6 Å². The van der Waals surface area contributed by atoms with Crippen molar-refractivity contribution in [2.45, 2.75) is 44.1 Å². The van der Waals surface area contributed by atoms with E-state index < -0.39 is 0 Å². The van der Waals surface area contributed by atoms with Gasteiger partial charge in [0.1, 0.15) is 17.3 Å². The van der Waals surface area contributed by atoms with Gasteiger partial charge in [-0.1, -0.05) is 32.5 Å². The highest BCUT2D eigenvalue weighted by Crippen LogP contribution is 2.26. The first kappa shape index (κ1) is 23.6. The van der Waals surface area contributed by atoms with Crippen LogP contribution in [0.5, 0.6) is 11.5 Å². The fraction of sp³-hybridized carbons (Fsp3) is 0.455. The Morgan fingerprint density at radius 1 is 1.12 bits per heavy atom. The number of thioether (sulfide) groups is 1. The monoisotopic (exact) mass is 458 g/mol. The SMILES string of the molecule is CCCNc1nc(SC(C)C)nc2c1cnn2CCNC(=O)c1cc(OC)cc(OC)c1. The molecule has 32 heavy (non-hydrogen) atoms. The minimum absolute atomic E-state index is 0.213. The normalized spacial score (nSPS) is 11.1. The van der Waals surface area contributed by atoms with Crippen LogP contribution in [0.4, 0.5) is 5.82 Å². The number of aromatic nitrogens is 4. The van der Waals surface area contributed by atoms with Crippen molar-refractivity contribution >= 4 is 34.5 Å². The van der Waals surface area contributed by atoms with Gasteiger partial charge < -0.3 is 20.1 Å². The topological polar surface area (TPSA) is 103 Å². The maximum absolute atomic E-state index is 12.6. The van der Waals surface area contributed by atoms with Crippen LogP contribution in [0.25, 0.3) is 11.0 Å². The maximum atomic E-state index is 12.6. The van der Waals surface area contributed by atoms with Gasteiger partial charge in [0.2, 0.25) is 0 Å². The molecule has 1 amide bonds. The van der Waals surface area contributed by atoms with Gasteiger partial charge in [0.25, 0.3) is 5.91 Å². The van der Waals surface area contributed by atoms with Crippen LogP contribution in [0.2, 0.25) is 0 Å². The molecule has 2 heterocycles. The second-order valence-electron chi connectivity index (χ2n) is 7.41. The Kier molecular flexibility index (Phi) is 8.15. The third kappa shape index (κ3) is 5.82.